The second kappa shape index (κ2) is 14.4. The van der Waals surface area contributed by atoms with E-state index in [1.54, 1.807) is 30.3 Å². The van der Waals surface area contributed by atoms with Gasteiger partial charge in [-0.15, -0.1) is 0 Å². The molecule has 2 heterocycles. The summed E-state index contributed by atoms with van der Waals surface area (Å²) in [5, 5.41) is 9.57. The van der Waals surface area contributed by atoms with Gasteiger partial charge >= 0.3 is 0 Å². The van der Waals surface area contributed by atoms with Crippen molar-refractivity contribution >= 4 is 10.0 Å². The van der Waals surface area contributed by atoms with Gasteiger partial charge in [0.1, 0.15) is 0 Å². The molecular formula is C37H42N2O5S. The normalized spacial score (nSPS) is 22.7. The van der Waals surface area contributed by atoms with E-state index in [1.165, 1.54) is 19.3 Å². The molecule has 45 heavy (non-hydrogen) atoms. The number of piperidine rings is 1. The zero-order valence-corrected chi connectivity index (χ0v) is 26.5. The number of rotatable bonds is 10. The Morgan fingerprint density at radius 3 is 2.22 bits per heavy atom. The van der Waals surface area contributed by atoms with Crippen LogP contribution < -0.4 is 4.72 Å². The highest BCUT2D eigenvalue weighted by Crippen LogP contribution is 2.42. The van der Waals surface area contributed by atoms with Crippen molar-refractivity contribution in [2.75, 3.05) is 19.6 Å². The van der Waals surface area contributed by atoms with Crippen molar-refractivity contribution in [3.05, 3.63) is 125 Å². The highest BCUT2D eigenvalue weighted by atomic mass is 32.2. The fraction of sp³-hybridized carbons (Fsp3) is 0.351. The van der Waals surface area contributed by atoms with E-state index < -0.39 is 16.3 Å². The molecule has 0 aromatic heterocycles. The van der Waals surface area contributed by atoms with Crippen LogP contribution in [0.2, 0.25) is 0 Å². The predicted molar refractivity (Wildman–Crippen MR) is 176 cm³/mol. The molecule has 7 nitrogen and oxygen atoms in total. The van der Waals surface area contributed by atoms with Crippen LogP contribution in [0.1, 0.15) is 60.8 Å². The molecule has 2 fully saturated rings. The molecule has 0 bridgehead atoms. The number of hydrogen-bond donors (Lipinski definition) is 2. The van der Waals surface area contributed by atoms with Crippen LogP contribution in [-0.2, 0) is 32.6 Å². The molecule has 8 heteroatoms. The van der Waals surface area contributed by atoms with Crippen LogP contribution in [0.4, 0.5) is 0 Å². The molecule has 0 spiro atoms. The van der Waals surface area contributed by atoms with Crippen molar-refractivity contribution in [3.63, 3.8) is 0 Å². The molecule has 2 aliphatic rings. The molecule has 6 rings (SSSR count). The van der Waals surface area contributed by atoms with Crippen LogP contribution in [0.3, 0.4) is 0 Å². The molecule has 2 N–H and O–H groups in total. The van der Waals surface area contributed by atoms with Crippen LogP contribution in [0.5, 0.6) is 0 Å². The maximum absolute atomic E-state index is 12.8. The average molecular weight is 627 g/mol. The molecule has 0 radical (unpaired) electrons. The van der Waals surface area contributed by atoms with Gasteiger partial charge in [0.05, 0.1) is 23.7 Å². The highest BCUT2D eigenvalue weighted by Gasteiger charge is 2.39. The lowest BCUT2D eigenvalue weighted by atomic mass is 9.89. The van der Waals surface area contributed by atoms with Gasteiger partial charge in [0.2, 0.25) is 10.0 Å². The average Bonchev–Trinajstić information content (AvgIpc) is 3.09. The molecule has 2 saturated heterocycles. The Morgan fingerprint density at radius 2 is 1.49 bits per heavy atom. The summed E-state index contributed by atoms with van der Waals surface area (Å²) in [4.78, 5) is 2.77. The van der Waals surface area contributed by atoms with Gasteiger partial charge in [0, 0.05) is 24.6 Å². The van der Waals surface area contributed by atoms with Gasteiger partial charge in [0.25, 0.3) is 0 Å². The van der Waals surface area contributed by atoms with Gasteiger partial charge in [-0.2, -0.15) is 0 Å². The number of nitrogens with one attached hydrogen (secondary N) is 1. The number of hydrogen-bond acceptors (Lipinski definition) is 6. The number of sulfonamides is 1. The van der Waals surface area contributed by atoms with E-state index in [0.29, 0.717) is 0 Å². The minimum atomic E-state index is -3.61. The number of aliphatic hydroxyl groups is 1. The third-order valence-electron chi connectivity index (χ3n) is 8.95. The maximum atomic E-state index is 12.8. The largest absolute Gasteiger partial charge is 0.392 e. The van der Waals surface area contributed by atoms with Crippen LogP contribution in [-0.4, -0.2) is 44.2 Å². The summed E-state index contributed by atoms with van der Waals surface area (Å²) in [5.74, 6) is 0.141. The van der Waals surface area contributed by atoms with E-state index in [2.05, 4.69) is 40.8 Å². The predicted octanol–water partition coefficient (Wildman–Crippen LogP) is 6.60. The summed E-state index contributed by atoms with van der Waals surface area (Å²) in [7, 11) is -3.61. The molecule has 0 aliphatic carbocycles. The zero-order chi connectivity index (χ0) is 31.2. The quantitative estimate of drug-likeness (QED) is 0.206. The lowest BCUT2D eigenvalue weighted by molar-refractivity contribution is -0.276. The molecule has 0 unspecified atom stereocenters. The van der Waals surface area contributed by atoms with Crippen molar-refractivity contribution in [3.8, 4) is 11.1 Å². The van der Waals surface area contributed by atoms with Crippen LogP contribution in [0.15, 0.2) is 108 Å². The van der Waals surface area contributed by atoms with E-state index >= 15 is 0 Å². The first-order valence-electron chi connectivity index (χ1n) is 15.9. The number of ether oxygens (including phenoxy) is 2. The van der Waals surface area contributed by atoms with Crippen LogP contribution in [0.25, 0.3) is 11.1 Å². The fourth-order valence-corrected chi connectivity index (χ4v) is 7.35. The SMILES string of the molecule is C[C@@H]1[C@H](CN2CCCCC2)O[C@H](c2cccc(-c3cccc(CNS(=O)(=O)c4ccccc4)c3)c2)O[C@@H]1c1ccc(CO)cc1. The summed E-state index contributed by atoms with van der Waals surface area (Å²) in [5.41, 5.74) is 5.75. The lowest BCUT2D eigenvalue weighted by Crippen LogP contribution is -2.45. The minimum absolute atomic E-state index is 0.00556. The second-order valence-corrected chi connectivity index (χ2v) is 13.9. The zero-order valence-electron chi connectivity index (χ0n) is 25.7. The maximum Gasteiger partial charge on any atom is 0.240 e. The summed E-state index contributed by atoms with van der Waals surface area (Å²) < 4.78 is 41.7. The number of nitrogens with zero attached hydrogens (tertiary/aromatic N) is 1. The minimum Gasteiger partial charge on any atom is -0.392 e. The topological polar surface area (TPSA) is 88.1 Å². The third kappa shape index (κ3) is 7.72. The molecule has 236 valence electrons. The summed E-state index contributed by atoms with van der Waals surface area (Å²) >= 11 is 0. The monoisotopic (exact) mass is 626 g/mol. The van der Waals surface area contributed by atoms with E-state index in [-0.39, 0.29) is 36.2 Å². The standard InChI is InChI=1S/C37H42N2O5S/c1-27-35(25-39-20-6-3-7-21-39)43-37(44-36(27)30-18-16-28(26-40)17-19-30)33-13-9-12-32(23-33)31-11-8-10-29(22-31)24-38-45(41,42)34-14-4-2-5-15-34/h2,4-5,8-19,22-23,27,35-38,40H,3,6-7,20-21,24-26H2,1H3/t27-,35+,36+,37+/m1/s1. The van der Waals surface area contributed by atoms with Gasteiger partial charge < -0.3 is 19.5 Å². The second-order valence-electron chi connectivity index (χ2n) is 12.1. The Balaban J connectivity index is 1.23. The highest BCUT2D eigenvalue weighted by molar-refractivity contribution is 7.89. The lowest BCUT2D eigenvalue weighted by Gasteiger charge is -2.43. The Kier molecular flexibility index (Phi) is 10.1. The molecule has 4 aromatic carbocycles. The van der Waals surface area contributed by atoms with Crippen molar-refractivity contribution in [1.29, 1.82) is 0 Å². The van der Waals surface area contributed by atoms with Crippen molar-refractivity contribution < 1.29 is 23.0 Å². The molecule has 4 atom stereocenters. The van der Waals surface area contributed by atoms with Gasteiger partial charge in [0.15, 0.2) is 6.29 Å². The van der Waals surface area contributed by atoms with Gasteiger partial charge in [-0.25, -0.2) is 13.1 Å². The Hall–Kier alpha value is -3.37. The van der Waals surface area contributed by atoms with Crippen molar-refractivity contribution in [2.24, 2.45) is 5.92 Å². The van der Waals surface area contributed by atoms with E-state index in [4.69, 9.17) is 9.47 Å². The van der Waals surface area contributed by atoms with Gasteiger partial charge in [-0.3, -0.25) is 0 Å². The Labute approximate surface area is 266 Å². The van der Waals surface area contributed by atoms with E-state index in [0.717, 1.165) is 53.0 Å². The van der Waals surface area contributed by atoms with Crippen LogP contribution in [0, 0.1) is 5.92 Å². The van der Waals surface area contributed by atoms with Gasteiger partial charge in [-0.05, 0) is 78.0 Å². The van der Waals surface area contributed by atoms with Crippen molar-refractivity contribution in [2.45, 2.75) is 62.7 Å². The first kappa shape index (κ1) is 31.6. The summed E-state index contributed by atoms with van der Waals surface area (Å²) in [6.07, 6.45) is 3.03. The fourth-order valence-electron chi connectivity index (χ4n) is 6.31. The molecule has 2 aliphatic heterocycles. The smallest absolute Gasteiger partial charge is 0.240 e. The number of aliphatic hydroxyl groups excluding tert-OH is 1. The number of benzene rings is 4. The van der Waals surface area contributed by atoms with E-state index in [9.17, 15) is 13.5 Å². The summed E-state index contributed by atoms with van der Waals surface area (Å²) in [6, 6.07) is 32.6. The van der Waals surface area contributed by atoms with E-state index in [1.807, 2.05) is 48.5 Å². The first-order chi connectivity index (χ1) is 21.9. The van der Waals surface area contributed by atoms with Crippen LogP contribution >= 0.6 is 0 Å². The number of likely N-dealkylation sites (tertiary alicyclic amines) is 1. The van der Waals surface area contributed by atoms with Gasteiger partial charge in [-0.1, -0.05) is 92.2 Å². The first-order valence-corrected chi connectivity index (χ1v) is 17.3. The molecule has 0 amide bonds. The molecule has 4 aromatic rings. The third-order valence-corrected chi connectivity index (χ3v) is 10.4. The molecule has 0 saturated carbocycles. The molecular weight excluding hydrogens is 584 g/mol. The Morgan fingerprint density at radius 1 is 0.778 bits per heavy atom. The van der Waals surface area contributed by atoms with Crippen molar-refractivity contribution in [1.82, 2.24) is 9.62 Å². The summed E-state index contributed by atoms with van der Waals surface area (Å²) in [6.45, 7) is 5.48. The Bertz CT molecular complexity index is 1660.